The fraction of sp³-hybridized carbons (Fsp3) is 0.792. The number of hydrogen-bond acceptors (Lipinski definition) is 9. The van der Waals surface area contributed by atoms with E-state index in [9.17, 15) is 24.2 Å². The van der Waals surface area contributed by atoms with Gasteiger partial charge in [-0.25, -0.2) is 4.98 Å². The Hall–Kier alpha value is -1.14. The van der Waals surface area contributed by atoms with E-state index in [4.69, 9.17) is 26.1 Å². The highest BCUT2D eigenvalue weighted by molar-refractivity contribution is 7.72. The van der Waals surface area contributed by atoms with Crippen molar-refractivity contribution in [2.45, 2.75) is 75.9 Å². The highest BCUT2D eigenvalue weighted by atomic mass is 35.5. The van der Waals surface area contributed by atoms with Crippen molar-refractivity contribution in [3.8, 4) is 0 Å². The first-order chi connectivity index (χ1) is 18.8. The second kappa shape index (κ2) is 10.5. The predicted molar refractivity (Wildman–Crippen MR) is 146 cm³/mol. The number of hydrogen-bond donors (Lipinski definition) is 6. The molecular formula is C24H36ClN5O8P2. The fourth-order valence-corrected chi connectivity index (χ4v) is 11.8. The SMILES string of the molecule is O=P(O)(O)CP(=O)(O)CCC1OC(n2cnc3c(NCCC45CC6CC(CC(C6)C4)C5)nc(Cl)nc32)C(O)C1O. The van der Waals surface area contributed by atoms with Gasteiger partial charge < -0.3 is 34.9 Å². The number of aromatic nitrogens is 4. The van der Waals surface area contributed by atoms with Crippen LogP contribution in [0.4, 0.5) is 5.82 Å². The summed E-state index contributed by atoms with van der Waals surface area (Å²) >= 11 is 6.26. The Morgan fingerprint density at radius 2 is 1.70 bits per heavy atom. The molecule has 3 heterocycles. The van der Waals surface area contributed by atoms with Gasteiger partial charge in [0.05, 0.1) is 12.4 Å². The van der Waals surface area contributed by atoms with Crippen LogP contribution in [-0.2, 0) is 13.9 Å². The van der Waals surface area contributed by atoms with Gasteiger partial charge in [-0.1, -0.05) is 0 Å². The van der Waals surface area contributed by atoms with Crippen LogP contribution in [0.2, 0.25) is 5.28 Å². The lowest BCUT2D eigenvalue weighted by atomic mass is 9.49. The molecule has 5 fully saturated rings. The highest BCUT2D eigenvalue weighted by Gasteiger charge is 2.50. The lowest BCUT2D eigenvalue weighted by Gasteiger charge is -2.57. The number of anilines is 1. The number of imidazole rings is 1. The molecule has 2 aromatic heterocycles. The van der Waals surface area contributed by atoms with Crippen molar-refractivity contribution in [2.75, 3.05) is 23.9 Å². The van der Waals surface area contributed by atoms with Crippen LogP contribution in [0.5, 0.6) is 0 Å². The molecule has 0 amide bonds. The van der Waals surface area contributed by atoms with Crippen LogP contribution in [0, 0.1) is 23.2 Å². The van der Waals surface area contributed by atoms with E-state index in [-0.39, 0.29) is 11.7 Å². The van der Waals surface area contributed by atoms with Crippen LogP contribution in [0.3, 0.4) is 0 Å². The summed E-state index contributed by atoms with van der Waals surface area (Å²) in [6, 6.07) is 0. The summed E-state index contributed by atoms with van der Waals surface area (Å²) in [4.78, 5) is 41.1. The minimum absolute atomic E-state index is 0.0187. The van der Waals surface area contributed by atoms with E-state index in [0.717, 1.165) is 30.7 Å². The summed E-state index contributed by atoms with van der Waals surface area (Å²) in [5, 5.41) is 24.7. The maximum atomic E-state index is 12.2. The number of nitrogens with one attached hydrogen (secondary N) is 1. The van der Waals surface area contributed by atoms with E-state index in [2.05, 4.69) is 20.3 Å². The Bertz CT molecular complexity index is 1330. The first-order valence-corrected chi connectivity index (χ1v) is 18.0. The standard InChI is InChI=1S/C24H36ClN5O8P2/c25-23-28-20(26-3-2-24-8-13-5-14(9-24)7-15(6-13)10-24)17-21(29-23)30(11-27-17)22-19(32)18(31)16(38-22)1-4-39(33,34)12-40(35,36)37/h11,13-16,18-19,22,31-32H,1-10,12H2,(H,33,34)(H,26,28,29)(H2,35,36,37). The second-order valence-corrected chi connectivity index (χ2v) is 17.4. The van der Waals surface area contributed by atoms with Crippen molar-refractivity contribution >= 4 is 43.5 Å². The van der Waals surface area contributed by atoms with Crippen LogP contribution >= 0.6 is 26.6 Å². The molecule has 5 unspecified atom stereocenters. The molecule has 16 heteroatoms. The fourth-order valence-electron chi connectivity index (χ4n) is 8.13. The molecule has 0 radical (unpaired) electrons. The van der Waals surface area contributed by atoms with Crippen molar-refractivity contribution in [1.29, 1.82) is 0 Å². The van der Waals surface area contributed by atoms with Crippen LogP contribution < -0.4 is 5.32 Å². The van der Waals surface area contributed by atoms with Gasteiger partial charge in [0.15, 0.2) is 23.2 Å². The van der Waals surface area contributed by atoms with Crippen LogP contribution in [0.25, 0.3) is 11.2 Å². The average molecular weight is 620 g/mol. The second-order valence-electron chi connectivity index (χ2n) is 12.5. The summed E-state index contributed by atoms with van der Waals surface area (Å²) in [5.41, 5.74) is 1.13. The molecule has 222 valence electrons. The molecule has 13 nitrogen and oxygen atoms in total. The van der Waals surface area contributed by atoms with Crippen LogP contribution in [0.15, 0.2) is 6.33 Å². The van der Waals surface area contributed by atoms with Crippen molar-refractivity contribution < 1.29 is 38.8 Å². The van der Waals surface area contributed by atoms with Crippen LogP contribution in [0.1, 0.15) is 57.6 Å². The van der Waals surface area contributed by atoms with Crippen LogP contribution in [-0.4, -0.2) is 81.3 Å². The molecule has 0 spiro atoms. The zero-order valence-electron chi connectivity index (χ0n) is 21.9. The van der Waals surface area contributed by atoms with Gasteiger partial charge in [-0.3, -0.25) is 13.7 Å². The normalized spacial score (nSPS) is 36.8. The topological polar surface area (TPSA) is 200 Å². The zero-order valence-corrected chi connectivity index (χ0v) is 24.5. The summed E-state index contributed by atoms with van der Waals surface area (Å²) in [6.07, 6.45) is 4.89. The molecular weight excluding hydrogens is 584 g/mol. The maximum Gasteiger partial charge on any atom is 0.335 e. The molecule has 4 aliphatic carbocycles. The van der Waals surface area contributed by atoms with E-state index in [1.54, 1.807) is 0 Å². The minimum atomic E-state index is -4.70. The number of halogens is 1. The summed E-state index contributed by atoms with van der Waals surface area (Å²) in [6.45, 7) is 0.723. The average Bonchev–Trinajstić information content (AvgIpc) is 3.36. The molecule has 40 heavy (non-hydrogen) atoms. The Labute approximate surface area is 236 Å². The van der Waals surface area contributed by atoms with Gasteiger partial charge in [0.2, 0.25) is 12.7 Å². The molecule has 4 bridgehead atoms. The minimum Gasteiger partial charge on any atom is -0.388 e. The number of aliphatic hydroxyl groups is 2. The molecule has 0 aromatic carbocycles. The van der Waals surface area contributed by atoms with E-state index in [0.29, 0.717) is 22.4 Å². The molecule has 5 atom stereocenters. The van der Waals surface area contributed by atoms with Crippen molar-refractivity contribution in [3.05, 3.63) is 11.6 Å². The Morgan fingerprint density at radius 1 is 1.05 bits per heavy atom. The lowest BCUT2D eigenvalue weighted by Crippen LogP contribution is -2.46. The Kier molecular flexibility index (Phi) is 7.63. The molecule has 1 aliphatic heterocycles. The van der Waals surface area contributed by atoms with Gasteiger partial charge in [-0.15, -0.1) is 0 Å². The molecule has 2 aromatic rings. The van der Waals surface area contributed by atoms with E-state index in [1.165, 1.54) is 49.4 Å². The van der Waals surface area contributed by atoms with Gasteiger partial charge >= 0.3 is 7.60 Å². The third kappa shape index (κ3) is 5.87. The first kappa shape index (κ1) is 29.0. The van der Waals surface area contributed by atoms with Gasteiger partial charge in [0.25, 0.3) is 0 Å². The Morgan fingerprint density at radius 3 is 2.33 bits per heavy atom. The van der Waals surface area contributed by atoms with Crippen molar-refractivity contribution in [2.24, 2.45) is 23.2 Å². The molecule has 5 aliphatic rings. The largest absolute Gasteiger partial charge is 0.388 e. The zero-order chi connectivity index (χ0) is 28.4. The third-order valence-corrected chi connectivity index (χ3v) is 13.7. The lowest BCUT2D eigenvalue weighted by molar-refractivity contribution is -0.0552. The summed E-state index contributed by atoms with van der Waals surface area (Å²) in [7, 11) is -8.87. The van der Waals surface area contributed by atoms with E-state index < -0.39 is 51.6 Å². The molecule has 6 N–H and O–H groups in total. The molecule has 1 saturated heterocycles. The van der Waals surface area contributed by atoms with Gasteiger partial charge in [0, 0.05) is 12.7 Å². The first-order valence-electron chi connectivity index (χ1n) is 13.8. The monoisotopic (exact) mass is 619 g/mol. The quantitative estimate of drug-likeness (QED) is 0.168. The van der Waals surface area contributed by atoms with Crippen molar-refractivity contribution in [3.63, 3.8) is 0 Å². The highest BCUT2D eigenvalue weighted by Crippen LogP contribution is 2.61. The predicted octanol–water partition coefficient (Wildman–Crippen LogP) is 2.91. The van der Waals surface area contributed by atoms with Crippen molar-refractivity contribution in [1.82, 2.24) is 19.5 Å². The molecule has 4 saturated carbocycles. The summed E-state index contributed by atoms with van der Waals surface area (Å²) < 4.78 is 30.6. The number of fused-ring (bicyclic) bond motifs is 1. The maximum absolute atomic E-state index is 12.2. The Balaban J connectivity index is 1.14. The van der Waals surface area contributed by atoms with E-state index in [1.807, 2.05) is 0 Å². The number of ether oxygens (including phenoxy) is 1. The van der Waals surface area contributed by atoms with Gasteiger partial charge in [-0.2, -0.15) is 9.97 Å². The molecule has 7 rings (SSSR count). The number of nitrogens with zero attached hydrogens (tertiary/aromatic N) is 4. The number of rotatable bonds is 10. The number of aliphatic hydroxyl groups excluding tert-OH is 2. The summed E-state index contributed by atoms with van der Waals surface area (Å²) in [5.74, 6) is 1.93. The van der Waals surface area contributed by atoms with Gasteiger partial charge in [0.1, 0.15) is 18.1 Å². The third-order valence-electron chi connectivity index (χ3n) is 9.29. The van der Waals surface area contributed by atoms with E-state index >= 15 is 0 Å². The smallest absolute Gasteiger partial charge is 0.335 e. The van der Waals surface area contributed by atoms with Gasteiger partial charge in [-0.05, 0) is 86.1 Å².